The van der Waals surface area contributed by atoms with Gasteiger partial charge in [0.15, 0.2) is 0 Å². The van der Waals surface area contributed by atoms with Crippen molar-refractivity contribution in [3.63, 3.8) is 0 Å². The molecule has 0 fully saturated rings. The van der Waals surface area contributed by atoms with E-state index in [1.54, 1.807) is 17.3 Å². The van der Waals surface area contributed by atoms with E-state index in [2.05, 4.69) is 15.3 Å². The van der Waals surface area contributed by atoms with Crippen LogP contribution in [-0.4, -0.2) is 41.9 Å². The molecule has 1 amide bonds. The number of benzene rings is 2. The van der Waals surface area contributed by atoms with Gasteiger partial charge in [-0.05, 0) is 54.8 Å². The van der Waals surface area contributed by atoms with Gasteiger partial charge in [-0.3, -0.25) is 4.90 Å². The highest BCUT2D eigenvalue weighted by Crippen LogP contribution is 2.39. The van der Waals surface area contributed by atoms with Crippen molar-refractivity contribution in [2.75, 3.05) is 19.7 Å². The van der Waals surface area contributed by atoms with Crippen LogP contribution in [0.5, 0.6) is 5.75 Å². The molecule has 32 heavy (non-hydrogen) atoms. The zero-order valence-electron chi connectivity index (χ0n) is 17.6. The number of aromatic nitrogens is 1. The Morgan fingerprint density at radius 3 is 2.84 bits per heavy atom. The van der Waals surface area contributed by atoms with E-state index in [-0.39, 0.29) is 12.1 Å². The molecule has 0 bridgehead atoms. The van der Waals surface area contributed by atoms with Gasteiger partial charge in [-0.1, -0.05) is 23.7 Å². The molecule has 3 heterocycles. The number of H-pyrrole nitrogens is 1. The van der Waals surface area contributed by atoms with E-state index in [4.69, 9.17) is 21.1 Å². The summed E-state index contributed by atoms with van der Waals surface area (Å²) in [6.45, 7) is 3.39. The molecule has 8 heteroatoms. The second-order valence-electron chi connectivity index (χ2n) is 7.63. The molecule has 7 nitrogen and oxygen atoms in total. The number of aliphatic imine (C=N–C) groups is 1. The van der Waals surface area contributed by atoms with Crippen molar-refractivity contribution in [3.8, 4) is 5.75 Å². The number of carbonyl (C=O) groups excluding carboxylic acids is 1. The van der Waals surface area contributed by atoms with Gasteiger partial charge in [0.1, 0.15) is 11.8 Å². The van der Waals surface area contributed by atoms with E-state index in [1.165, 1.54) is 5.56 Å². The Morgan fingerprint density at radius 1 is 1.25 bits per heavy atom. The summed E-state index contributed by atoms with van der Waals surface area (Å²) >= 11 is 6.26. The molecule has 0 radical (unpaired) electrons. The molecule has 0 saturated heterocycles. The van der Waals surface area contributed by atoms with Gasteiger partial charge in [-0.2, -0.15) is 0 Å². The maximum absolute atomic E-state index is 12.8. The molecular formula is C24H23ClN4O3. The average Bonchev–Trinajstić information content (AvgIpc) is 3.18. The lowest BCUT2D eigenvalue weighted by Gasteiger charge is -2.35. The van der Waals surface area contributed by atoms with Crippen LogP contribution in [0, 0.1) is 0 Å². The first-order chi connectivity index (χ1) is 15.6. The molecule has 1 atom stereocenters. The Labute approximate surface area is 190 Å². The number of nitrogens with one attached hydrogen (secondary N) is 2. The van der Waals surface area contributed by atoms with Crippen LogP contribution >= 0.6 is 11.6 Å². The molecule has 0 unspecified atom stereocenters. The van der Waals surface area contributed by atoms with Crippen molar-refractivity contribution in [2.45, 2.75) is 19.4 Å². The third-order valence-electron chi connectivity index (χ3n) is 5.66. The van der Waals surface area contributed by atoms with Crippen molar-refractivity contribution in [1.29, 1.82) is 0 Å². The van der Waals surface area contributed by atoms with Crippen LogP contribution in [0.15, 0.2) is 59.5 Å². The lowest BCUT2D eigenvalue weighted by molar-refractivity contribution is 0.0932. The molecule has 0 spiro atoms. The van der Waals surface area contributed by atoms with Crippen molar-refractivity contribution in [1.82, 2.24) is 15.2 Å². The summed E-state index contributed by atoms with van der Waals surface area (Å²) in [5.74, 6) is 1.17. The summed E-state index contributed by atoms with van der Waals surface area (Å²) in [4.78, 5) is 22.3. The molecule has 5 rings (SSSR count). The lowest BCUT2D eigenvalue weighted by atomic mass is 9.92. The predicted octanol–water partition coefficient (Wildman–Crippen LogP) is 4.78. The van der Waals surface area contributed by atoms with Crippen molar-refractivity contribution < 1.29 is 14.3 Å². The number of rotatable bonds is 4. The smallest absolute Gasteiger partial charge is 0.410 e. The maximum atomic E-state index is 12.8. The van der Waals surface area contributed by atoms with E-state index in [1.807, 2.05) is 49.4 Å². The molecule has 3 aromatic rings. The van der Waals surface area contributed by atoms with Gasteiger partial charge in [-0.25, -0.2) is 9.79 Å². The fraction of sp³-hybridized carbons (Fsp3) is 0.250. The first-order valence-electron chi connectivity index (χ1n) is 10.6. The third-order valence-corrected chi connectivity index (χ3v) is 5.90. The van der Waals surface area contributed by atoms with Gasteiger partial charge < -0.3 is 19.8 Å². The van der Waals surface area contributed by atoms with Crippen LogP contribution in [0.1, 0.15) is 29.8 Å². The fourth-order valence-corrected chi connectivity index (χ4v) is 4.45. The molecular weight excluding hydrogens is 428 g/mol. The summed E-state index contributed by atoms with van der Waals surface area (Å²) in [7, 11) is 0. The molecule has 0 saturated carbocycles. The summed E-state index contributed by atoms with van der Waals surface area (Å²) in [5.41, 5.74) is 4.13. The van der Waals surface area contributed by atoms with Crippen LogP contribution in [0.2, 0.25) is 5.02 Å². The van der Waals surface area contributed by atoms with Gasteiger partial charge in [0.05, 0.1) is 19.4 Å². The molecule has 1 aromatic heterocycles. The Hall–Kier alpha value is -3.45. The number of halogens is 1. The quantitative estimate of drug-likeness (QED) is 0.599. The number of aromatic amines is 1. The standard InChI is InChI=1S/C24H23ClN4O3/c1-2-31-24(30)29-12-9-18-19-13-16(25)5-8-20(19)28-22(18)23(29)15-3-6-17(7-4-15)32-21-14-26-10-11-27-21/h3-8,11,13-14,23,26,28H,2,9-10,12H2,1H3/t23-/m0/s1. The molecule has 0 aliphatic carbocycles. The molecule has 2 aliphatic heterocycles. The SMILES string of the molecule is CCOC(=O)N1CCc2c([nH]c3ccc(Cl)cc23)[C@@H]1c1ccc(OC2=CNCC=N2)cc1. The topological polar surface area (TPSA) is 79.0 Å². The number of nitrogens with zero attached hydrogens (tertiary/aromatic N) is 2. The van der Waals surface area contributed by atoms with Crippen molar-refractivity contribution in [2.24, 2.45) is 4.99 Å². The van der Waals surface area contributed by atoms with Crippen molar-refractivity contribution >= 4 is 34.8 Å². The number of hydrogen-bond donors (Lipinski definition) is 2. The normalized spacial score (nSPS) is 17.5. The fourth-order valence-electron chi connectivity index (χ4n) is 4.28. The molecule has 2 aliphatic rings. The Balaban J connectivity index is 1.53. The lowest BCUT2D eigenvalue weighted by Crippen LogP contribution is -2.40. The molecule has 2 N–H and O–H groups in total. The minimum absolute atomic E-state index is 0.299. The van der Waals surface area contributed by atoms with E-state index in [9.17, 15) is 4.79 Å². The highest BCUT2D eigenvalue weighted by atomic mass is 35.5. The molecule has 2 aromatic carbocycles. The van der Waals surface area contributed by atoms with E-state index < -0.39 is 0 Å². The number of hydrogen-bond acceptors (Lipinski definition) is 5. The minimum atomic E-state index is -0.326. The van der Waals surface area contributed by atoms with Crippen LogP contribution in [0.25, 0.3) is 10.9 Å². The summed E-state index contributed by atoms with van der Waals surface area (Å²) < 4.78 is 11.2. The summed E-state index contributed by atoms with van der Waals surface area (Å²) in [6, 6.07) is 13.2. The van der Waals surface area contributed by atoms with Gasteiger partial charge in [-0.15, -0.1) is 0 Å². The van der Waals surface area contributed by atoms with E-state index in [0.29, 0.717) is 36.4 Å². The number of amides is 1. The van der Waals surface area contributed by atoms with E-state index in [0.717, 1.165) is 28.6 Å². The summed E-state index contributed by atoms with van der Waals surface area (Å²) in [6.07, 6.45) is 3.89. The highest BCUT2D eigenvalue weighted by molar-refractivity contribution is 6.31. The minimum Gasteiger partial charge on any atom is -0.450 e. The second kappa shape index (κ2) is 8.59. The first-order valence-corrected chi connectivity index (χ1v) is 11.0. The van der Waals surface area contributed by atoms with Crippen LogP contribution in [0.3, 0.4) is 0 Å². The van der Waals surface area contributed by atoms with Gasteiger partial charge in [0, 0.05) is 34.4 Å². The highest BCUT2D eigenvalue weighted by Gasteiger charge is 2.35. The van der Waals surface area contributed by atoms with Crippen LogP contribution < -0.4 is 10.1 Å². The summed E-state index contributed by atoms with van der Waals surface area (Å²) in [5, 5.41) is 4.86. The van der Waals surface area contributed by atoms with Crippen LogP contribution in [-0.2, 0) is 11.2 Å². The Kier molecular flexibility index (Phi) is 5.49. The van der Waals surface area contributed by atoms with Crippen molar-refractivity contribution in [3.05, 3.63) is 76.4 Å². The first kappa shape index (κ1) is 20.5. The zero-order valence-corrected chi connectivity index (χ0v) is 18.4. The average molecular weight is 451 g/mol. The van der Waals surface area contributed by atoms with Gasteiger partial charge >= 0.3 is 6.09 Å². The largest absolute Gasteiger partial charge is 0.450 e. The number of ether oxygens (including phenoxy) is 2. The molecule has 164 valence electrons. The maximum Gasteiger partial charge on any atom is 0.410 e. The monoisotopic (exact) mass is 450 g/mol. The third kappa shape index (κ3) is 3.80. The number of carbonyl (C=O) groups is 1. The predicted molar refractivity (Wildman–Crippen MR) is 124 cm³/mol. The Bertz CT molecular complexity index is 1220. The zero-order chi connectivity index (χ0) is 22.1. The van der Waals surface area contributed by atoms with Gasteiger partial charge in [0.2, 0.25) is 5.88 Å². The van der Waals surface area contributed by atoms with Gasteiger partial charge in [0.25, 0.3) is 0 Å². The van der Waals surface area contributed by atoms with E-state index >= 15 is 0 Å². The number of fused-ring (bicyclic) bond motifs is 3. The Morgan fingerprint density at radius 2 is 2.09 bits per heavy atom. The second-order valence-corrected chi connectivity index (χ2v) is 8.06. The van der Waals surface area contributed by atoms with Crippen LogP contribution in [0.4, 0.5) is 4.79 Å².